The van der Waals surface area contributed by atoms with E-state index in [1.807, 2.05) is 0 Å². The lowest BCUT2D eigenvalue weighted by Gasteiger charge is -2.09. The molecule has 0 aliphatic heterocycles. The highest BCUT2D eigenvalue weighted by atomic mass is 35.5. The summed E-state index contributed by atoms with van der Waals surface area (Å²) in [5, 5.41) is 0.233. The van der Waals surface area contributed by atoms with Crippen LogP contribution in [0.1, 0.15) is 15.9 Å². The molecule has 0 spiro atoms. The Hall–Kier alpha value is -2.01. The summed E-state index contributed by atoms with van der Waals surface area (Å²) in [6, 6.07) is 5.73. The lowest BCUT2D eigenvalue weighted by Crippen LogP contribution is -2.08. The standard InChI is InChI=1S/C14H8ClF3O2/c1-20-11-5-2-7(15)6-9(11)14(19)8-3-4-10(16)13(18)12(8)17/h2-6H,1H3. The highest BCUT2D eigenvalue weighted by Crippen LogP contribution is 2.27. The van der Waals surface area contributed by atoms with Crippen molar-refractivity contribution in [1.82, 2.24) is 0 Å². The predicted octanol–water partition coefficient (Wildman–Crippen LogP) is 4.00. The van der Waals surface area contributed by atoms with Gasteiger partial charge < -0.3 is 4.74 Å². The topological polar surface area (TPSA) is 26.3 Å². The van der Waals surface area contributed by atoms with Crippen molar-refractivity contribution in [2.75, 3.05) is 7.11 Å². The Morgan fingerprint density at radius 2 is 1.75 bits per heavy atom. The van der Waals surface area contributed by atoms with Crippen LogP contribution < -0.4 is 4.74 Å². The quantitative estimate of drug-likeness (QED) is 0.633. The highest BCUT2D eigenvalue weighted by molar-refractivity contribution is 6.31. The van der Waals surface area contributed by atoms with Gasteiger partial charge in [0.05, 0.1) is 18.2 Å². The second-order valence-corrected chi connectivity index (χ2v) is 4.33. The molecule has 104 valence electrons. The van der Waals surface area contributed by atoms with Gasteiger partial charge in [0.2, 0.25) is 0 Å². The van der Waals surface area contributed by atoms with Crippen molar-refractivity contribution >= 4 is 17.4 Å². The summed E-state index contributed by atoms with van der Waals surface area (Å²) >= 11 is 5.77. The van der Waals surface area contributed by atoms with E-state index in [-0.39, 0.29) is 16.3 Å². The van der Waals surface area contributed by atoms with E-state index in [9.17, 15) is 18.0 Å². The lowest BCUT2D eigenvalue weighted by atomic mass is 10.0. The van der Waals surface area contributed by atoms with E-state index in [1.54, 1.807) is 0 Å². The molecular weight excluding hydrogens is 293 g/mol. The van der Waals surface area contributed by atoms with Gasteiger partial charge in [-0.2, -0.15) is 0 Å². The van der Waals surface area contributed by atoms with Gasteiger partial charge in [0.1, 0.15) is 5.75 Å². The van der Waals surface area contributed by atoms with Crippen LogP contribution in [0.15, 0.2) is 30.3 Å². The second-order valence-electron chi connectivity index (χ2n) is 3.90. The molecule has 0 atom stereocenters. The summed E-state index contributed by atoms with van der Waals surface area (Å²) < 4.78 is 44.6. The van der Waals surface area contributed by atoms with Crippen LogP contribution in [0, 0.1) is 17.5 Å². The van der Waals surface area contributed by atoms with Crippen molar-refractivity contribution in [2.24, 2.45) is 0 Å². The molecule has 2 aromatic carbocycles. The number of ether oxygens (including phenoxy) is 1. The van der Waals surface area contributed by atoms with Gasteiger partial charge in [-0.15, -0.1) is 0 Å². The third kappa shape index (κ3) is 2.49. The molecular formula is C14H8ClF3O2. The molecule has 0 unspecified atom stereocenters. The average molecular weight is 301 g/mol. The minimum absolute atomic E-state index is 0.0371. The molecule has 20 heavy (non-hydrogen) atoms. The molecule has 0 N–H and O–H groups in total. The Bertz CT molecular complexity index is 686. The molecule has 0 saturated heterocycles. The van der Waals surface area contributed by atoms with E-state index in [1.165, 1.54) is 25.3 Å². The summed E-state index contributed by atoms with van der Waals surface area (Å²) in [6.07, 6.45) is 0. The Morgan fingerprint density at radius 3 is 2.40 bits per heavy atom. The van der Waals surface area contributed by atoms with E-state index in [0.717, 1.165) is 6.07 Å². The van der Waals surface area contributed by atoms with Crippen LogP contribution in [0.4, 0.5) is 13.2 Å². The fraction of sp³-hybridized carbons (Fsp3) is 0.0714. The zero-order chi connectivity index (χ0) is 14.9. The number of halogens is 4. The number of hydrogen-bond acceptors (Lipinski definition) is 2. The first kappa shape index (κ1) is 14.4. The zero-order valence-corrected chi connectivity index (χ0v) is 11.0. The summed E-state index contributed by atoms with van der Waals surface area (Å²) in [6.45, 7) is 0. The fourth-order valence-corrected chi connectivity index (χ4v) is 1.88. The summed E-state index contributed by atoms with van der Waals surface area (Å²) in [7, 11) is 1.32. The summed E-state index contributed by atoms with van der Waals surface area (Å²) in [4.78, 5) is 12.2. The first-order chi connectivity index (χ1) is 9.45. The molecule has 0 aromatic heterocycles. The summed E-state index contributed by atoms with van der Waals surface area (Å²) in [5.41, 5.74) is -0.630. The molecule has 2 aromatic rings. The number of carbonyl (C=O) groups excluding carboxylic acids is 1. The minimum Gasteiger partial charge on any atom is -0.496 e. The monoisotopic (exact) mass is 300 g/mol. The number of hydrogen-bond donors (Lipinski definition) is 0. The predicted molar refractivity (Wildman–Crippen MR) is 67.8 cm³/mol. The molecule has 0 aliphatic rings. The third-order valence-corrected chi connectivity index (χ3v) is 2.92. The van der Waals surface area contributed by atoms with Gasteiger partial charge in [-0.3, -0.25) is 4.79 Å². The van der Waals surface area contributed by atoms with Crippen LogP contribution in [0.5, 0.6) is 5.75 Å². The van der Waals surface area contributed by atoms with E-state index < -0.39 is 28.8 Å². The molecule has 0 aliphatic carbocycles. The maximum absolute atomic E-state index is 13.6. The summed E-state index contributed by atoms with van der Waals surface area (Å²) in [5.74, 6) is -5.30. The maximum atomic E-state index is 13.6. The van der Waals surface area contributed by atoms with Gasteiger partial charge in [-0.25, -0.2) is 13.2 Å². The first-order valence-corrected chi connectivity index (χ1v) is 5.85. The Kier molecular flexibility index (Phi) is 3.99. The van der Waals surface area contributed by atoms with Gasteiger partial charge >= 0.3 is 0 Å². The second kappa shape index (κ2) is 5.54. The van der Waals surface area contributed by atoms with Crippen LogP contribution in [0.2, 0.25) is 5.02 Å². The molecule has 0 radical (unpaired) electrons. The van der Waals surface area contributed by atoms with E-state index >= 15 is 0 Å². The van der Waals surface area contributed by atoms with E-state index in [2.05, 4.69) is 0 Å². The highest BCUT2D eigenvalue weighted by Gasteiger charge is 2.22. The van der Waals surface area contributed by atoms with Crippen LogP contribution >= 0.6 is 11.6 Å². The third-order valence-electron chi connectivity index (χ3n) is 2.69. The molecule has 0 bridgehead atoms. The molecule has 2 rings (SSSR count). The van der Waals surface area contributed by atoms with Gasteiger partial charge in [0, 0.05) is 5.02 Å². The number of rotatable bonds is 3. The minimum atomic E-state index is -1.70. The zero-order valence-electron chi connectivity index (χ0n) is 10.2. The van der Waals surface area contributed by atoms with Gasteiger partial charge in [-0.1, -0.05) is 11.6 Å². The number of ketones is 1. The van der Waals surface area contributed by atoms with Crippen molar-refractivity contribution in [3.63, 3.8) is 0 Å². The van der Waals surface area contributed by atoms with Gasteiger partial charge in [0.15, 0.2) is 23.2 Å². The van der Waals surface area contributed by atoms with Crippen molar-refractivity contribution in [3.8, 4) is 5.75 Å². The van der Waals surface area contributed by atoms with Crippen molar-refractivity contribution in [1.29, 1.82) is 0 Å². The lowest BCUT2D eigenvalue weighted by molar-refractivity contribution is 0.103. The number of benzene rings is 2. The smallest absolute Gasteiger partial charge is 0.199 e. The number of carbonyl (C=O) groups is 1. The normalized spacial score (nSPS) is 10.4. The Labute approximate surface area is 117 Å². The van der Waals surface area contributed by atoms with Crippen LogP contribution in [-0.2, 0) is 0 Å². The molecule has 0 amide bonds. The SMILES string of the molecule is COc1ccc(Cl)cc1C(=O)c1ccc(F)c(F)c1F. The van der Waals surface area contributed by atoms with Crippen molar-refractivity contribution in [3.05, 3.63) is 63.9 Å². The molecule has 2 nitrogen and oxygen atoms in total. The molecule has 6 heteroatoms. The van der Waals surface area contributed by atoms with Crippen LogP contribution in [0.3, 0.4) is 0 Å². The van der Waals surface area contributed by atoms with Crippen LogP contribution in [-0.4, -0.2) is 12.9 Å². The van der Waals surface area contributed by atoms with Gasteiger partial charge in [0.25, 0.3) is 0 Å². The Balaban J connectivity index is 2.57. The van der Waals surface area contributed by atoms with Crippen LogP contribution in [0.25, 0.3) is 0 Å². The molecule has 0 fully saturated rings. The number of methoxy groups -OCH3 is 1. The fourth-order valence-electron chi connectivity index (χ4n) is 1.70. The average Bonchev–Trinajstić information content (AvgIpc) is 2.44. The van der Waals surface area contributed by atoms with Crippen molar-refractivity contribution in [2.45, 2.75) is 0 Å². The van der Waals surface area contributed by atoms with E-state index in [4.69, 9.17) is 16.3 Å². The van der Waals surface area contributed by atoms with Crippen molar-refractivity contribution < 1.29 is 22.7 Å². The molecule has 0 heterocycles. The Morgan fingerprint density at radius 1 is 1.05 bits per heavy atom. The first-order valence-electron chi connectivity index (χ1n) is 5.47. The van der Waals surface area contributed by atoms with E-state index in [0.29, 0.717) is 6.07 Å². The largest absolute Gasteiger partial charge is 0.496 e. The van der Waals surface area contributed by atoms with Gasteiger partial charge in [-0.05, 0) is 30.3 Å². The maximum Gasteiger partial charge on any atom is 0.199 e. The molecule has 0 saturated carbocycles.